The molecule has 0 saturated heterocycles. The van der Waals surface area contributed by atoms with Gasteiger partial charge in [-0.15, -0.1) is 0 Å². The van der Waals surface area contributed by atoms with Crippen LogP contribution in [0.15, 0.2) is 36.5 Å². The van der Waals surface area contributed by atoms with Gasteiger partial charge in [0.25, 0.3) is 5.91 Å². The van der Waals surface area contributed by atoms with Gasteiger partial charge in [-0.1, -0.05) is 0 Å². The molecule has 2 heterocycles. The second-order valence-corrected chi connectivity index (χ2v) is 5.23. The summed E-state index contributed by atoms with van der Waals surface area (Å²) in [6.45, 7) is 4.40. The second-order valence-electron chi connectivity index (χ2n) is 5.23. The Morgan fingerprint density at radius 3 is 2.74 bits per heavy atom. The van der Waals surface area contributed by atoms with Crippen LogP contribution in [0, 0.1) is 6.92 Å². The van der Waals surface area contributed by atoms with Gasteiger partial charge in [0.2, 0.25) is 0 Å². The van der Waals surface area contributed by atoms with Crippen LogP contribution in [0.3, 0.4) is 0 Å². The number of nitrogens with zero attached hydrogens (tertiary/aromatic N) is 3. The maximum atomic E-state index is 12.6. The second kappa shape index (κ2) is 6.08. The van der Waals surface area contributed by atoms with Crippen LogP contribution in [0.1, 0.15) is 23.0 Å². The van der Waals surface area contributed by atoms with Crippen molar-refractivity contribution < 1.29 is 9.53 Å². The van der Waals surface area contributed by atoms with Crippen molar-refractivity contribution in [1.29, 1.82) is 0 Å². The van der Waals surface area contributed by atoms with E-state index in [9.17, 15) is 4.79 Å². The molecule has 2 aromatic heterocycles. The molecule has 0 fully saturated rings. The molecule has 0 bridgehead atoms. The van der Waals surface area contributed by atoms with Crippen LogP contribution in [0.25, 0.3) is 11.0 Å². The third-order valence-electron chi connectivity index (χ3n) is 3.50. The lowest BCUT2D eigenvalue weighted by atomic mass is 10.1. The van der Waals surface area contributed by atoms with Crippen molar-refractivity contribution in [3.63, 3.8) is 0 Å². The van der Waals surface area contributed by atoms with Gasteiger partial charge < -0.3 is 10.1 Å². The Morgan fingerprint density at radius 1 is 1.30 bits per heavy atom. The number of anilines is 1. The van der Waals surface area contributed by atoms with E-state index < -0.39 is 0 Å². The van der Waals surface area contributed by atoms with Crippen molar-refractivity contribution in [2.75, 3.05) is 11.9 Å². The zero-order chi connectivity index (χ0) is 16.4. The Labute approximate surface area is 134 Å². The molecule has 0 aliphatic carbocycles. The number of fused-ring (bicyclic) bond motifs is 1. The van der Waals surface area contributed by atoms with E-state index in [2.05, 4.69) is 15.4 Å². The lowest BCUT2D eigenvalue weighted by molar-refractivity contribution is 0.102. The molecule has 6 heteroatoms. The minimum absolute atomic E-state index is 0.183. The van der Waals surface area contributed by atoms with E-state index in [0.29, 0.717) is 23.5 Å². The minimum atomic E-state index is -0.183. The summed E-state index contributed by atoms with van der Waals surface area (Å²) in [6.07, 6.45) is 1.66. The summed E-state index contributed by atoms with van der Waals surface area (Å²) in [5.41, 5.74) is 2.75. The predicted molar refractivity (Wildman–Crippen MR) is 88.8 cm³/mol. The van der Waals surface area contributed by atoms with Crippen LogP contribution in [0.2, 0.25) is 0 Å². The molecule has 1 aromatic carbocycles. The van der Waals surface area contributed by atoms with Gasteiger partial charge in [-0.25, -0.2) is 4.98 Å². The van der Waals surface area contributed by atoms with Gasteiger partial charge in [0.1, 0.15) is 5.75 Å². The lowest BCUT2D eigenvalue weighted by Crippen LogP contribution is -2.13. The number of carbonyl (C=O) groups excluding carboxylic acids is 1. The molecular weight excluding hydrogens is 292 g/mol. The molecule has 1 N–H and O–H groups in total. The fraction of sp³-hybridized carbons (Fsp3) is 0.235. The van der Waals surface area contributed by atoms with Crippen molar-refractivity contribution in [1.82, 2.24) is 14.8 Å². The third kappa shape index (κ3) is 3.01. The SMILES string of the molecule is CCOc1ccc(NC(=O)c2cc(C)nc3c2cnn3C)cc1. The maximum absolute atomic E-state index is 12.6. The molecule has 6 nitrogen and oxygen atoms in total. The largest absolute Gasteiger partial charge is 0.494 e. The van der Waals surface area contributed by atoms with E-state index in [1.165, 1.54) is 0 Å². The van der Waals surface area contributed by atoms with Crippen molar-refractivity contribution in [2.45, 2.75) is 13.8 Å². The summed E-state index contributed by atoms with van der Waals surface area (Å²) in [5, 5.41) is 7.81. The summed E-state index contributed by atoms with van der Waals surface area (Å²) in [5.74, 6) is 0.595. The van der Waals surface area contributed by atoms with Crippen LogP contribution in [-0.4, -0.2) is 27.3 Å². The number of benzene rings is 1. The molecule has 23 heavy (non-hydrogen) atoms. The standard InChI is InChI=1S/C17H18N4O2/c1-4-23-13-7-5-12(6-8-13)20-17(22)14-9-11(2)19-16-15(14)10-18-21(16)3/h5-10H,4H2,1-3H3,(H,20,22). The zero-order valence-electron chi connectivity index (χ0n) is 13.3. The number of hydrogen-bond acceptors (Lipinski definition) is 4. The van der Waals surface area contributed by atoms with Crippen molar-refractivity contribution in [3.8, 4) is 5.75 Å². The highest BCUT2D eigenvalue weighted by atomic mass is 16.5. The van der Waals surface area contributed by atoms with E-state index in [-0.39, 0.29) is 5.91 Å². The molecule has 0 unspecified atom stereocenters. The molecule has 118 valence electrons. The first-order valence-corrected chi connectivity index (χ1v) is 7.42. The summed E-state index contributed by atoms with van der Waals surface area (Å²) in [7, 11) is 1.81. The highest BCUT2D eigenvalue weighted by Crippen LogP contribution is 2.20. The van der Waals surface area contributed by atoms with E-state index in [4.69, 9.17) is 4.74 Å². The van der Waals surface area contributed by atoms with Crippen molar-refractivity contribution in [3.05, 3.63) is 47.8 Å². The zero-order valence-corrected chi connectivity index (χ0v) is 13.3. The van der Waals surface area contributed by atoms with Crippen LogP contribution in [0.4, 0.5) is 5.69 Å². The van der Waals surface area contributed by atoms with Gasteiger partial charge in [0.15, 0.2) is 5.65 Å². The molecular formula is C17H18N4O2. The number of pyridine rings is 1. The Hall–Kier alpha value is -2.89. The summed E-state index contributed by atoms with van der Waals surface area (Å²) in [6, 6.07) is 9.07. The smallest absolute Gasteiger partial charge is 0.256 e. The van der Waals surface area contributed by atoms with E-state index in [1.54, 1.807) is 16.9 Å². The van der Waals surface area contributed by atoms with E-state index >= 15 is 0 Å². The minimum Gasteiger partial charge on any atom is -0.494 e. The Balaban J connectivity index is 1.88. The molecule has 0 aliphatic rings. The first kappa shape index (κ1) is 15.0. The van der Waals surface area contributed by atoms with Gasteiger partial charge in [-0.3, -0.25) is 9.48 Å². The number of rotatable bonds is 4. The fourth-order valence-electron chi connectivity index (χ4n) is 2.43. The number of carbonyl (C=O) groups is 1. The molecule has 3 rings (SSSR count). The number of aromatic nitrogens is 3. The van der Waals surface area contributed by atoms with E-state index in [1.807, 2.05) is 45.2 Å². The Bertz CT molecular complexity index is 853. The molecule has 0 atom stereocenters. The van der Waals surface area contributed by atoms with Crippen LogP contribution >= 0.6 is 0 Å². The lowest BCUT2D eigenvalue weighted by Gasteiger charge is -2.08. The molecule has 0 aliphatic heterocycles. The predicted octanol–water partition coefficient (Wildman–Crippen LogP) is 2.93. The number of aryl methyl sites for hydroxylation is 2. The number of nitrogens with one attached hydrogen (secondary N) is 1. The highest BCUT2D eigenvalue weighted by molar-refractivity contribution is 6.12. The first-order valence-electron chi connectivity index (χ1n) is 7.42. The fourth-order valence-corrected chi connectivity index (χ4v) is 2.43. The average molecular weight is 310 g/mol. The molecule has 0 spiro atoms. The molecule has 3 aromatic rings. The Morgan fingerprint density at radius 2 is 2.04 bits per heavy atom. The van der Waals surface area contributed by atoms with Crippen LogP contribution < -0.4 is 10.1 Å². The van der Waals surface area contributed by atoms with Crippen LogP contribution in [-0.2, 0) is 7.05 Å². The van der Waals surface area contributed by atoms with Gasteiger partial charge >= 0.3 is 0 Å². The summed E-state index contributed by atoms with van der Waals surface area (Å²) in [4.78, 5) is 17.0. The number of hydrogen-bond donors (Lipinski definition) is 1. The number of amides is 1. The highest BCUT2D eigenvalue weighted by Gasteiger charge is 2.15. The molecule has 1 amide bonds. The Kier molecular flexibility index (Phi) is 3.97. The summed E-state index contributed by atoms with van der Waals surface area (Å²) < 4.78 is 7.06. The monoisotopic (exact) mass is 310 g/mol. The van der Waals surface area contributed by atoms with Crippen LogP contribution in [0.5, 0.6) is 5.75 Å². The maximum Gasteiger partial charge on any atom is 0.256 e. The molecule has 0 saturated carbocycles. The van der Waals surface area contributed by atoms with Gasteiger partial charge in [0, 0.05) is 18.4 Å². The topological polar surface area (TPSA) is 69.0 Å². The third-order valence-corrected chi connectivity index (χ3v) is 3.50. The van der Waals surface area contributed by atoms with Gasteiger partial charge in [-0.05, 0) is 44.2 Å². The first-order chi connectivity index (χ1) is 11.1. The number of ether oxygens (including phenoxy) is 1. The van der Waals surface area contributed by atoms with Crippen molar-refractivity contribution in [2.24, 2.45) is 7.05 Å². The summed E-state index contributed by atoms with van der Waals surface area (Å²) >= 11 is 0. The van der Waals surface area contributed by atoms with Gasteiger partial charge in [0.05, 0.1) is 23.8 Å². The van der Waals surface area contributed by atoms with Gasteiger partial charge in [-0.2, -0.15) is 5.10 Å². The normalized spacial score (nSPS) is 10.7. The quantitative estimate of drug-likeness (QED) is 0.804. The average Bonchev–Trinajstić information content (AvgIpc) is 2.90. The van der Waals surface area contributed by atoms with E-state index in [0.717, 1.165) is 16.8 Å². The molecule has 0 radical (unpaired) electrons. The van der Waals surface area contributed by atoms with Crippen molar-refractivity contribution >= 4 is 22.6 Å².